The highest BCUT2D eigenvalue weighted by molar-refractivity contribution is 6.32. The number of amides is 1. The van der Waals surface area contributed by atoms with Gasteiger partial charge in [0.05, 0.1) is 5.56 Å². The van der Waals surface area contributed by atoms with Crippen molar-refractivity contribution in [1.29, 1.82) is 0 Å². The van der Waals surface area contributed by atoms with E-state index in [-0.39, 0.29) is 22.5 Å². The Morgan fingerprint density at radius 1 is 1.43 bits per heavy atom. The monoisotopic (exact) mass is 318 g/mol. The van der Waals surface area contributed by atoms with E-state index in [1.54, 1.807) is 4.90 Å². The number of alkyl halides is 3. The van der Waals surface area contributed by atoms with Gasteiger partial charge in [-0.3, -0.25) is 4.79 Å². The summed E-state index contributed by atoms with van der Waals surface area (Å²) in [5.74, 6) is -0.281. The van der Waals surface area contributed by atoms with Gasteiger partial charge in [0.25, 0.3) is 0 Å². The van der Waals surface area contributed by atoms with E-state index in [0.29, 0.717) is 13.1 Å². The van der Waals surface area contributed by atoms with E-state index in [0.717, 1.165) is 18.6 Å². The predicted octanol–water partition coefficient (Wildman–Crippen LogP) is 2.93. The van der Waals surface area contributed by atoms with Crippen molar-refractivity contribution < 1.29 is 18.0 Å². The Bertz CT molecular complexity index is 572. The maximum absolute atomic E-state index is 12.6. The van der Waals surface area contributed by atoms with E-state index in [9.17, 15) is 18.0 Å². The van der Waals surface area contributed by atoms with Crippen molar-refractivity contribution >= 4 is 23.6 Å². The van der Waals surface area contributed by atoms with Crippen LogP contribution in [0.3, 0.4) is 0 Å². The summed E-state index contributed by atoms with van der Waals surface area (Å²) in [5, 5.41) is 0.158. The first-order chi connectivity index (χ1) is 9.77. The summed E-state index contributed by atoms with van der Waals surface area (Å²) in [7, 11) is 0. The zero-order valence-corrected chi connectivity index (χ0v) is 11.8. The fourth-order valence-electron chi connectivity index (χ4n) is 2.10. The van der Waals surface area contributed by atoms with E-state index in [2.05, 4.69) is 0 Å². The number of benzene rings is 1. The predicted molar refractivity (Wildman–Crippen MR) is 74.7 cm³/mol. The number of rotatable bonds is 2. The lowest BCUT2D eigenvalue weighted by Crippen LogP contribution is -2.30. The SMILES string of the molecule is N[C@@H]1CCN(C(=O)C=Cc2cc(C(F)(F)F)ccc2Cl)C1. The van der Waals surface area contributed by atoms with E-state index in [1.165, 1.54) is 18.2 Å². The molecule has 2 N–H and O–H groups in total. The Labute approximate surface area is 125 Å². The Hall–Kier alpha value is -1.53. The first-order valence-corrected chi connectivity index (χ1v) is 6.74. The van der Waals surface area contributed by atoms with Gasteiger partial charge < -0.3 is 10.6 Å². The molecule has 0 radical (unpaired) electrons. The largest absolute Gasteiger partial charge is 0.416 e. The third-order valence-electron chi connectivity index (χ3n) is 3.27. The van der Waals surface area contributed by atoms with Gasteiger partial charge in [0.1, 0.15) is 0 Å². The van der Waals surface area contributed by atoms with E-state index in [1.807, 2.05) is 0 Å². The lowest BCUT2D eigenvalue weighted by atomic mass is 10.1. The smallest absolute Gasteiger partial charge is 0.338 e. The van der Waals surface area contributed by atoms with Crippen molar-refractivity contribution in [3.63, 3.8) is 0 Å². The van der Waals surface area contributed by atoms with Crippen LogP contribution in [0.2, 0.25) is 5.02 Å². The van der Waals surface area contributed by atoms with Gasteiger partial charge in [0.15, 0.2) is 0 Å². The van der Waals surface area contributed by atoms with Gasteiger partial charge in [0.2, 0.25) is 5.91 Å². The second kappa shape index (κ2) is 6.07. The quantitative estimate of drug-likeness (QED) is 0.852. The molecule has 1 atom stereocenters. The van der Waals surface area contributed by atoms with Crippen LogP contribution in [-0.2, 0) is 11.0 Å². The van der Waals surface area contributed by atoms with E-state index in [4.69, 9.17) is 17.3 Å². The number of hydrogen-bond donors (Lipinski definition) is 1. The fourth-order valence-corrected chi connectivity index (χ4v) is 2.28. The fraction of sp³-hybridized carbons (Fsp3) is 0.357. The number of carbonyl (C=O) groups is 1. The van der Waals surface area contributed by atoms with Gasteiger partial charge in [-0.15, -0.1) is 0 Å². The molecule has 1 amide bonds. The maximum Gasteiger partial charge on any atom is 0.416 e. The molecule has 0 aliphatic carbocycles. The molecule has 1 aromatic carbocycles. The molecule has 7 heteroatoms. The number of likely N-dealkylation sites (tertiary alicyclic amines) is 1. The number of hydrogen-bond acceptors (Lipinski definition) is 2. The summed E-state index contributed by atoms with van der Waals surface area (Å²) in [5.41, 5.74) is 5.05. The highest BCUT2D eigenvalue weighted by atomic mass is 35.5. The first-order valence-electron chi connectivity index (χ1n) is 6.36. The molecule has 1 fully saturated rings. The number of nitrogens with two attached hydrogens (primary N) is 1. The molecule has 0 unspecified atom stereocenters. The minimum Gasteiger partial charge on any atom is -0.338 e. The highest BCUT2D eigenvalue weighted by Gasteiger charge is 2.30. The molecule has 1 aliphatic heterocycles. The van der Waals surface area contributed by atoms with Crippen molar-refractivity contribution in [3.05, 3.63) is 40.4 Å². The van der Waals surface area contributed by atoms with Crippen LogP contribution >= 0.6 is 11.6 Å². The van der Waals surface area contributed by atoms with Gasteiger partial charge in [-0.1, -0.05) is 11.6 Å². The summed E-state index contributed by atoms with van der Waals surface area (Å²) < 4.78 is 37.9. The Morgan fingerprint density at radius 3 is 2.71 bits per heavy atom. The first kappa shape index (κ1) is 15.9. The third kappa shape index (κ3) is 3.98. The van der Waals surface area contributed by atoms with Gasteiger partial charge >= 0.3 is 6.18 Å². The van der Waals surface area contributed by atoms with Gasteiger partial charge in [0, 0.05) is 30.2 Å². The van der Waals surface area contributed by atoms with Crippen molar-refractivity contribution in [1.82, 2.24) is 4.90 Å². The normalized spacial score (nSPS) is 19.5. The minimum absolute atomic E-state index is 0.0421. The van der Waals surface area contributed by atoms with Gasteiger partial charge in [-0.25, -0.2) is 0 Å². The summed E-state index contributed by atoms with van der Waals surface area (Å²) in [6.45, 7) is 1.01. The molecule has 0 bridgehead atoms. The maximum atomic E-state index is 12.6. The van der Waals surface area contributed by atoms with Crippen LogP contribution in [0.4, 0.5) is 13.2 Å². The Kier molecular flexibility index (Phi) is 4.58. The standard InChI is InChI=1S/C14H14ClF3N2O/c15-12-3-2-10(14(16,17)18)7-9(12)1-4-13(21)20-6-5-11(19)8-20/h1-4,7,11H,5-6,8,19H2/t11-/m1/s1. The van der Waals surface area contributed by atoms with Crippen molar-refractivity contribution in [2.75, 3.05) is 13.1 Å². The Morgan fingerprint density at radius 2 is 2.14 bits per heavy atom. The molecule has 0 spiro atoms. The molecule has 114 valence electrons. The van der Waals surface area contributed by atoms with Crippen LogP contribution in [0.15, 0.2) is 24.3 Å². The minimum atomic E-state index is -4.45. The molecular formula is C14H14ClF3N2O. The van der Waals surface area contributed by atoms with Crippen LogP contribution in [0, 0.1) is 0 Å². The average molecular weight is 319 g/mol. The number of halogens is 4. The summed E-state index contributed by atoms with van der Waals surface area (Å²) in [4.78, 5) is 13.4. The molecule has 1 heterocycles. The van der Waals surface area contributed by atoms with Crippen LogP contribution in [0.5, 0.6) is 0 Å². The number of nitrogens with zero attached hydrogens (tertiary/aromatic N) is 1. The molecule has 2 rings (SSSR count). The van der Waals surface area contributed by atoms with Gasteiger partial charge in [-0.05, 0) is 36.3 Å². The average Bonchev–Trinajstić information content (AvgIpc) is 2.83. The summed E-state index contributed by atoms with van der Waals surface area (Å²) >= 11 is 5.85. The lowest BCUT2D eigenvalue weighted by molar-refractivity contribution is -0.137. The Balaban J connectivity index is 2.15. The van der Waals surface area contributed by atoms with Crippen molar-refractivity contribution in [2.24, 2.45) is 5.73 Å². The molecule has 21 heavy (non-hydrogen) atoms. The van der Waals surface area contributed by atoms with Crippen molar-refractivity contribution in [2.45, 2.75) is 18.6 Å². The molecular weight excluding hydrogens is 305 g/mol. The number of carbonyl (C=O) groups excluding carboxylic acids is 1. The van der Waals surface area contributed by atoms with Gasteiger partial charge in [-0.2, -0.15) is 13.2 Å². The molecule has 1 aromatic rings. The molecule has 0 aromatic heterocycles. The zero-order valence-electron chi connectivity index (χ0n) is 11.0. The summed E-state index contributed by atoms with van der Waals surface area (Å²) in [6.07, 6.45) is -1.20. The highest BCUT2D eigenvalue weighted by Crippen LogP contribution is 2.32. The zero-order chi connectivity index (χ0) is 15.6. The van der Waals surface area contributed by atoms with Crippen LogP contribution in [0.25, 0.3) is 6.08 Å². The second-order valence-electron chi connectivity index (χ2n) is 4.90. The molecule has 0 saturated carbocycles. The van der Waals surface area contributed by atoms with E-state index >= 15 is 0 Å². The van der Waals surface area contributed by atoms with E-state index < -0.39 is 11.7 Å². The summed E-state index contributed by atoms with van der Waals surface area (Å²) in [6, 6.07) is 2.95. The van der Waals surface area contributed by atoms with Crippen LogP contribution in [0.1, 0.15) is 17.5 Å². The molecule has 3 nitrogen and oxygen atoms in total. The topological polar surface area (TPSA) is 46.3 Å². The van der Waals surface area contributed by atoms with Crippen molar-refractivity contribution in [3.8, 4) is 0 Å². The molecule has 1 aliphatic rings. The second-order valence-corrected chi connectivity index (χ2v) is 5.31. The molecule has 1 saturated heterocycles. The van der Waals surface area contributed by atoms with Crippen LogP contribution < -0.4 is 5.73 Å². The van der Waals surface area contributed by atoms with Crippen LogP contribution in [-0.4, -0.2) is 29.9 Å². The third-order valence-corrected chi connectivity index (χ3v) is 3.61. The lowest BCUT2D eigenvalue weighted by Gasteiger charge is -2.13.